The first-order valence-electron chi connectivity index (χ1n) is 7.73. The number of methoxy groups -OCH3 is 1. The molecule has 0 radical (unpaired) electrons. The summed E-state index contributed by atoms with van der Waals surface area (Å²) in [5.41, 5.74) is 2.51. The van der Waals surface area contributed by atoms with E-state index in [4.69, 9.17) is 25.8 Å². The Morgan fingerprint density at radius 3 is 2.80 bits per heavy atom. The van der Waals surface area contributed by atoms with Gasteiger partial charge in [0.15, 0.2) is 6.61 Å². The van der Waals surface area contributed by atoms with E-state index in [0.717, 1.165) is 22.3 Å². The Morgan fingerprint density at radius 1 is 1.24 bits per heavy atom. The van der Waals surface area contributed by atoms with Crippen molar-refractivity contribution in [3.05, 3.63) is 41.4 Å². The van der Waals surface area contributed by atoms with Crippen molar-refractivity contribution in [2.75, 3.05) is 20.3 Å². The number of fused-ring (bicyclic) bond motifs is 1. The average Bonchev–Trinajstić information content (AvgIpc) is 3.04. The number of aromatic amines is 1. The Morgan fingerprint density at radius 2 is 2.08 bits per heavy atom. The maximum absolute atomic E-state index is 11.4. The third-order valence-corrected chi connectivity index (χ3v) is 3.84. The van der Waals surface area contributed by atoms with Crippen LogP contribution in [0.3, 0.4) is 0 Å². The van der Waals surface area contributed by atoms with Crippen molar-refractivity contribution < 1.29 is 19.0 Å². The lowest BCUT2D eigenvalue weighted by molar-refractivity contribution is -0.145. The molecule has 0 unspecified atom stereocenters. The standard InChI is InChI=1S/C18H17ClN2O4/c1-3-24-17(22)10-25-16-7-4-11(8-13(16)19)18-20-14-6-5-12(23-2)9-15(14)21-18/h4-9H,3,10H2,1-2H3,(H,20,21). The second-order valence-corrected chi connectivity index (χ2v) is 5.61. The molecule has 0 saturated carbocycles. The zero-order valence-corrected chi connectivity index (χ0v) is 14.6. The second-order valence-electron chi connectivity index (χ2n) is 5.21. The molecule has 0 aliphatic carbocycles. The molecular weight excluding hydrogens is 344 g/mol. The van der Waals surface area contributed by atoms with Crippen LogP contribution in [-0.2, 0) is 9.53 Å². The highest BCUT2D eigenvalue weighted by Gasteiger charge is 2.11. The van der Waals surface area contributed by atoms with Crippen molar-refractivity contribution in [3.63, 3.8) is 0 Å². The maximum Gasteiger partial charge on any atom is 0.344 e. The van der Waals surface area contributed by atoms with Crippen LogP contribution in [0.25, 0.3) is 22.4 Å². The number of benzene rings is 2. The minimum Gasteiger partial charge on any atom is -0.497 e. The lowest BCUT2D eigenvalue weighted by atomic mass is 10.2. The van der Waals surface area contributed by atoms with E-state index < -0.39 is 5.97 Å². The molecule has 0 bridgehead atoms. The number of hydrogen-bond donors (Lipinski definition) is 1. The molecule has 1 N–H and O–H groups in total. The van der Waals surface area contributed by atoms with Crippen LogP contribution >= 0.6 is 11.6 Å². The predicted octanol–water partition coefficient (Wildman–Crippen LogP) is 3.83. The molecule has 1 aromatic heterocycles. The van der Waals surface area contributed by atoms with Gasteiger partial charge in [-0.15, -0.1) is 0 Å². The van der Waals surface area contributed by atoms with Gasteiger partial charge in [-0.1, -0.05) is 11.6 Å². The minimum absolute atomic E-state index is 0.183. The molecule has 1 heterocycles. The van der Waals surface area contributed by atoms with E-state index in [1.807, 2.05) is 24.3 Å². The number of hydrogen-bond acceptors (Lipinski definition) is 5. The molecule has 0 amide bonds. The first-order chi connectivity index (χ1) is 12.1. The summed E-state index contributed by atoms with van der Waals surface area (Å²) in [6.07, 6.45) is 0. The molecule has 25 heavy (non-hydrogen) atoms. The van der Waals surface area contributed by atoms with Crippen LogP contribution in [0.1, 0.15) is 6.92 Å². The van der Waals surface area contributed by atoms with Crippen LogP contribution < -0.4 is 9.47 Å². The van der Waals surface area contributed by atoms with Crippen molar-refractivity contribution in [2.24, 2.45) is 0 Å². The molecule has 7 heteroatoms. The van der Waals surface area contributed by atoms with Crippen molar-refractivity contribution >= 4 is 28.6 Å². The Balaban J connectivity index is 1.81. The summed E-state index contributed by atoms with van der Waals surface area (Å²) in [6, 6.07) is 10.9. The normalized spacial score (nSPS) is 10.7. The zero-order chi connectivity index (χ0) is 17.8. The molecular formula is C18H17ClN2O4. The topological polar surface area (TPSA) is 73.4 Å². The summed E-state index contributed by atoms with van der Waals surface area (Å²) in [4.78, 5) is 19.1. The number of carbonyl (C=O) groups is 1. The Kier molecular flexibility index (Phi) is 5.09. The quantitative estimate of drug-likeness (QED) is 0.676. The number of esters is 1. The first-order valence-corrected chi connectivity index (χ1v) is 8.10. The Hall–Kier alpha value is -2.73. The van der Waals surface area contributed by atoms with E-state index >= 15 is 0 Å². The third-order valence-electron chi connectivity index (χ3n) is 3.55. The number of carbonyl (C=O) groups excluding carboxylic acids is 1. The fourth-order valence-corrected chi connectivity index (χ4v) is 2.59. The molecule has 0 fully saturated rings. The van der Waals surface area contributed by atoms with E-state index in [0.29, 0.717) is 23.2 Å². The highest BCUT2D eigenvalue weighted by molar-refractivity contribution is 6.32. The van der Waals surface area contributed by atoms with Crippen molar-refractivity contribution in [2.45, 2.75) is 6.92 Å². The lowest BCUT2D eigenvalue weighted by Crippen LogP contribution is -2.14. The zero-order valence-electron chi connectivity index (χ0n) is 13.8. The Labute approximate surface area is 149 Å². The molecule has 0 saturated heterocycles. The largest absolute Gasteiger partial charge is 0.497 e. The van der Waals surface area contributed by atoms with E-state index in [9.17, 15) is 4.79 Å². The fraction of sp³-hybridized carbons (Fsp3) is 0.222. The van der Waals surface area contributed by atoms with Gasteiger partial charge in [0.05, 0.1) is 29.8 Å². The molecule has 0 atom stereocenters. The summed E-state index contributed by atoms with van der Waals surface area (Å²) < 4.78 is 15.4. The van der Waals surface area contributed by atoms with Crippen molar-refractivity contribution in [1.29, 1.82) is 0 Å². The molecule has 3 aromatic rings. The number of nitrogens with one attached hydrogen (secondary N) is 1. The van der Waals surface area contributed by atoms with Crippen LogP contribution in [0.5, 0.6) is 11.5 Å². The minimum atomic E-state index is -0.436. The summed E-state index contributed by atoms with van der Waals surface area (Å²) in [5, 5.41) is 0.389. The van der Waals surface area contributed by atoms with E-state index in [2.05, 4.69) is 9.97 Å². The van der Waals surface area contributed by atoms with Crippen molar-refractivity contribution in [1.82, 2.24) is 9.97 Å². The molecule has 2 aromatic carbocycles. The molecule has 0 aliphatic rings. The van der Waals surface area contributed by atoms with Crippen LogP contribution in [-0.4, -0.2) is 36.3 Å². The molecule has 3 rings (SSSR count). The van der Waals surface area contributed by atoms with Gasteiger partial charge < -0.3 is 19.2 Å². The molecule has 130 valence electrons. The number of halogens is 1. The van der Waals surface area contributed by atoms with Gasteiger partial charge in [0.1, 0.15) is 17.3 Å². The van der Waals surface area contributed by atoms with Crippen LogP contribution in [0, 0.1) is 0 Å². The average molecular weight is 361 g/mol. The SMILES string of the molecule is CCOC(=O)COc1ccc(-c2nc3ccc(OC)cc3[nH]2)cc1Cl. The Bertz CT molecular complexity index is 907. The highest BCUT2D eigenvalue weighted by atomic mass is 35.5. The van der Waals surface area contributed by atoms with Crippen LogP contribution in [0.2, 0.25) is 5.02 Å². The van der Waals surface area contributed by atoms with Gasteiger partial charge >= 0.3 is 5.97 Å². The molecule has 0 spiro atoms. The van der Waals surface area contributed by atoms with Crippen molar-refractivity contribution in [3.8, 4) is 22.9 Å². The summed E-state index contributed by atoms with van der Waals surface area (Å²) >= 11 is 6.25. The van der Waals surface area contributed by atoms with E-state index in [1.54, 1.807) is 26.2 Å². The molecule has 0 aliphatic heterocycles. The van der Waals surface area contributed by atoms with Gasteiger partial charge in [-0.2, -0.15) is 0 Å². The van der Waals surface area contributed by atoms with Gasteiger partial charge in [-0.25, -0.2) is 9.78 Å². The second kappa shape index (κ2) is 7.44. The van der Waals surface area contributed by atoms with E-state index in [-0.39, 0.29) is 6.61 Å². The number of ether oxygens (including phenoxy) is 3. The fourth-order valence-electron chi connectivity index (χ4n) is 2.36. The number of H-pyrrole nitrogens is 1. The smallest absolute Gasteiger partial charge is 0.344 e. The predicted molar refractivity (Wildman–Crippen MR) is 95.2 cm³/mol. The van der Waals surface area contributed by atoms with Crippen LogP contribution in [0.4, 0.5) is 0 Å². The third kappa shape index (κ3) is 3.85. The highest BCUT2D eigenvalue weighted by Crippen LogP contribution is 2.30. The lowest BCUT2D eigenvalue weighted by Gasteiger charge is -2.08. The molecule has 6 nitrogen and oxygen atoms in total. The van der Waals surface area contributed by atoms with Gasteiger partial charge in [0, 0.05) is 11.6 Å². The first kappa shape index (κ1) is 17.1. The number of imidazole rings is 1. The van der Waals surface area contributed by atoms with Gasteiger partial charge in [-0.3, -0.25) is 0 Å². The monoisotopic (exact) mass is 360 g/mol. The van der Waals surface area contributed by atoms with Gasteiger partial charge in [0.2, 0.25) is 0 Å². The maximum atomic E-state index is 11.4. The van der Waals surface area contributed by atoms with Gasteiger partial charge in [0.25, 0.3) is 0 Å². The number of nitrogens with zero attached hydrogens (tertiary/aromatic N) is 1. The summed E-state index contributed by atoms with van der Waals surface area (Å²) in [7, 11) is 1.62. The number of rotatable bonds is 6. The summed E-state index contributed by atoms with van der Waals surface area (Å²) in [5.74, 6) is 1.41. The summed E-state index contributed by atoms with van der Waals surface area (Å²) in [6.45, 7) is 1.87. The van der Waals surface area contributed by atoms with E-state index in [1.165, 1.54) is 0 Å². The van der Waals surface area contributed by atoms with Crippen LogP contribution in [0.15, 0.2) is 36.4 Å². The van der Waals surface area contributed by atoms with Gasteiger partial charge in [-0.05, 0) is 37.3 Å². The number of aromatic nitrogens is 2.